The second-order valence-electron chi connectivity index (χ2n) is 5.99. The van der Waals surface area contributed by atoms with Crippen LogP contribution in [0.5, 0.6) is 0 Å². The normalized spacial score (nSPS) is 19.2. The Morgan fingerprint density at radius 3 is 2.48 bits per heavy atom. The van der Waals surface area contributed by atoms with Crippen LogP contribution >= 0.6 is 12.4 Å². The van der Waals surface area contributed by atoms with Gasteiger partial charge in [-0.05, 0) is 23.6 Å². The summed E-state index contributed by atoms with van der Waals surface area (Å²) in [7, 11) is -3.25. The van der Waals surface area contributed by atoms with Crippen LogP contribution in [0.1, 0.15) is 36.1 Å². The fourth-order valence-electron chi connectivity index (χ4n) is 3.01. The van der Waals surface area contributed by atoms with Gasteiger partial charge in [-0.25, -0.2) is 8.42 Å². The number of rotatable bonds is 4. The molecule has 0 spiro atoms. The Kier molecular flexibility index (Phi) is 6.21. The molecule has 0 fully saturated rings. The van der Waals surface area contributed by atoms with Crippen LogP contribution in [0.3, 0.4) is 0 Å². The molecular formula is C18H21ClN2O3S. The Bertz CT molecular complexity index is 840. The zero-order valence-electron chi connectivity index (χ0n) is 13.6. The van der Waals surface area contributed by atoms with Crippen molar-refractivity contribution < 1.29 is 13.2 Å². The number of nitrogens with one attached hydrogen (secondary N) is 1. The number of sulfone groups is 1. The van der Waals surface area contributed by atoms with E-state index in [0.717, 1.165) is 5.56 Å². The van der Waals surface area contributed by atoms with E-state index in [-0.39, 0.29) is 42.6 Å². The summed E-state index contributed by atoms with van der Waals surface area (Å²) in [5.41, 5.74) is 7.64. The molecule has 0 aromatic heterocycles. The third-order valence-electron chi connectivity index (χ3n) is 4.27. The molecular weight excluding hydrogens is 360 g/mol. The van der Waals surface area contributed by atoms with Gasteiger partial charge in [0.05, 0.1) is 16.7 Å². The summed E-state index contributed by atoms with van der Waals surface area (Å²) >= 11 is 0. The van der Waals surface area contributed by atoms with Crippen molar-refractivity contribution in [2.45, 2.75) is 29.8 Å². The largest absolute Gasteiger partial charge is 0.349 e. The fraction of sp³-hybridized carbons (Fsp3) is 0.278. The molecule has 1 amide bonds. The quantitative estimate of drug-likeness (QED) is 0.852. The van der Waals surface area contributed by atoms with Gasteiger partial charge in [0, 0.05) is 12.5 Å². The van der Waals surface area contributed by atoms with E-state index in [1.807, 2.05) is 30.3 Å². The maximum absolute atomic E-state index is 12.3. The molecule has 5 nitrogen and oxygen atoms in total. The van der Waals surface area contributed by atoms with Crippen molar-refractivity contribution in [1.82, 2.24) is 5.32 Å². The predicted octanol–water partition coefficient (Wildman–Crippen LogP) is 2.53. The fourth-order valence-corrected chi connectivity index (χ4v) is 4.63. The SMILES string of the molecule is Cl.NC(CC(=O)NC1CCS(=O)(=O)c2ccccc21)c1ccccc1. The van der Waals surface area contributed by atoms with Gasteiger partial charge in [0.2, 0.25) is 5.91 Å². The van der Waals surface area contributed by atoms with E-state index in [1.54, 1.807) is 24.3 Å². The third kappa shape index (κ3) is 4.39. The van der Waals surface area contributed by atoms with E-state index in [0.29, 0.717) is 16.9 Å². The van der Waals surface area contributed by atoms with Gasteiger partial charge in [0.1, 0.15) is 0 Å². The monoisotopic (exact) mass is 380 g/mol. The highest BCUT2D eigenvalue weighted by Gasteiger charge is 2.30. The van der Waals surface area contributed by atoms with Gasteiger partial charge in [-0.2, -0.15) is 0 Å². The molecule has 0 saturated carbocycles. The molecule has 0 radical (unpaired) electrons. The van der Waals surface area contributed by atoms with Crippen LogP contribution in [0.2, 0.25) is 0 Å². The molecule has 2 unspecified atom stereocenters. The van der Waals surface area contributed by atoms with Gasteiger partial charge in [-0.15, -0.1) is 12.4 Å². The average Bonchev–Trinajstić information content (AvgIpc) is 2.58. The second-order valence-corrected chi connectivity index (χ2v) is 8.06. The molecule has 25 heavy (non-hydrogen) atoms. The minimum atomic E-state index is -3.25. The third-order valence-corrected chi connectivity index (χ3v) is 6.09. The zero-order valence-corrected chi connectivity index (χ0v) is 15.2. The lowest BCUT2D eigenvalue weighted by Gasteiger charge is -2.26. The summed E-state index contributed by atoms with van der Waals surface area (Å²) in [6.45, 7) is 0. The molecule has 1 aliphatic heterocycles. The molecule has 3 N–H and O–H groups in total. The highest BCUT2D eigenvalue weighted by molar-refractivity contribution is 7.91. The molecule has 1 aliphatic rings. The topological polar surface area (TPSA) is 89.3 Å². The van der Waals surface area contributed by atoms with Crippen molar-refractivity contribution in [2.75, 3.05) is 5.75 Å². The van der Waals surface area contributed by atoms with E-state index in [4.69, 9.17) is 5.73 Å². The van der Waals surface area contributed by atoms with Crippen molar-refractivity contribution in [1.29, 1.82) is 0 Å². The number of carbonyl (C=O) groups is 1. The standard InChI is InChI=1S/C18H20N2O3S.ClH/c19-15(13-6-2-1-3-7-13)12-18(21)20-16-10-11-24(22,23)17-9-5-4-8-14(16)17;/h1-9,15-16H,10-12,19H2,(H,20,21);1H. The summed E-state index contributed by atoms with van der Waals surface area (Å²) in [4.78, 5) is 12.6. The Labute approximate surface area is 154 Å². The number of carbonyl (C=O) groups excluding carboxylic acids is 1. The number of hydrogen-bond acceptors (Lipinski definition) is 4. The van der Waals surface area contributed by atoms with Crippen LogP contribution in [0.25, 0.3) is 0 Å². The predicted molar refractivity (Wildman–Crippen MR) is 99.2 cm³/mol. The number of fused-ring (bicyclic) bond motifs is 1. The van der Waals surface area contributed by atoms with Crippen LogP contribution in [0.4, 0.5) is 0 Å². The van der Waals surface area contributed by atoms with Gasteiger partial charge in [0.15, 0.2) is 9.84 Å². The maximum atomic E-state index is 12.3. The molecule has 2 aromatic rings. The van der Waals surface area contributed by atoms with Crippen LogP contribution < -0.4 is 11.1 Å². The number of benzene rings is 2. The summed E-state index contributed by atoms with van der Waals surface area (Å²) in [6.07, 6.45) is 0.543. The van der Waals surface area contributed by atoms with Crippen molar-refractivity contribution in [3.05, 3.63) is 65.7 Å². The maximum Gasteiger partial charge on any atom is 0.222 e. The first-order chi connectivity index (χ1) is 11.5. The van der Waals surface area contributed by atoms with Crippen LogP contribution in [0.15, 0.2) is 59.5 Å². The zero-order chi connectivity index (χ0) is 17.2. The van der Waals surface area contributed by atoms with Gasteiger partial charge in [0.25, 0.3) is 0 Å². The number of nitrogens with two attached hydrogens (primary N) is 1. The first kappa shape index (κ1) is 19.4. The lowest BCUT2D eigenvalue weighted by atomic mass is 10.0. The summed E-state index contributed by atoms with van der Waals surface area (Å²) < 4.78 is 24.3. The molecule has 0 saturated heterocycles. The number of halogens is 1. The summed E-state index contributed by atoms with van der Waals surface area (Å²) in [6, 6.07) is 15.6. The van der Waals surface area contributed by atoms with E-state index in [1.165, 1.54) is 0 Å². The van der Waals surface area contributed by atoms with Crippen molar-refractivity contribution >= 4 is 28.2 Å². The van der Waals surface area contributed by atoms with E-state index in [2.05, 4.69) is 5.32 Å². The lowest BCUT2D eigenvalue weighted by molar-refractivity contribution is -0.122. The summed E-state index contributed by atoms with van der Waals surface area (Å²) in [5.74, 6) is -0.134. The van der Waals surface area contributed by atoms with E-state index >= 15 is 0 Å². The van der Waals surface area contributed by atoms with Crippen molar-refractivity contribution in [2.24, 2.45) is 5.73 Å². The number of hydrogen-bond donors (Lipinski definition) is 2. The molecule has 134 valence electrons. The van der Waals surface area contributed by atoms with Gasteiger partial charge < -0.3 is 11.1 Å². The first-order valence-corrected chi connectivity index (χ1v) is 9.54. The molecule has 3 rings (SSSR count). The van der Waals surface area contributed by atoms with Crippen LogP contribution in [-0.4, -0.2) is 20.1 Å². The molecule has 2 atom stereocenters. The van der Waals surface area contributed by atoms with Crippen LogP contribution in [0, 0.1) is 0 Å². The summed E-state index contributed by atoms with van der Waals surface area (Å²) in [5, 5.41) is 2.93. The van der Waals surface area contributed by atoms with Gasteiger partial charge in [-0.1, -0.05) is 48.5 Å². The number of amides is 1. The smallest absolute Gasteiger partial charge is 0.222 e. The Morgan fingerprint density at radius 2 is 1.76 bits per heavy atom. The Morgan fingerprint density at radius 1 is 1.12 bits per heavy atom. The highest BCUT2D eigenvalue weighted by Crippen LogP contribution is 2.32. The molecule has 2 aromatic carbocycles. The first-order valence-electron chi connectivity index (χ1n) is 7.89. The Hall–Kier alpha value is -1.89. The van der Waals surface area contributed by atoms with Gasteiger partial charge in [-0.3, -0.25) is 4.79 Å². The van der Waals surface area contributed by atoms with E-state index in [9.17, 15) is 13.2 Å². The average molecular weight is 381 g/mol. The minimum Gasteiger partial charge on any atom is -0.349 e. The van der Waals surface area contributed by atoms with Crippen molar-refractivity contribution in [3.63, 3.8) is 0 Å². The van der Waals surface area contributed by atoms with Crippen LogP contribution in [-0.2, 0) is 14.6 Å². The second kappa shape index (κ2) is 7.99. The highest BCUT2D eigenvalue weighted by atomic mass is 35.5. The van der Waals surface area contributed by atoms with Crippen molar-refractivity contribution in [3.8, 4) is 0 Å². The van der Waals surface area contributed by atoms with Gasteiger partial charge >= 0.3 is 0 Å². The Balaban J connectivity index is 0.00000225. The molecule has 1 heterocycles. The lowest BCUT2D eigenvalue weighted by Crippen LogP contribution is -2.35. The molecule has 0 aliphatic carbocycles. The van der Waals surface area contributed by atoms with E-state index < -0.39 is 9.84 Å². The molecule has 7 heteroatoms. The molecule has 0 bridgehead atoms. The minimum absolute atomic E-state index is 0.